The van der Waals surface area contributed by atoms with E-state index in [9.17, 15) is 24.6 Å². The Balaban J connectivity index is 1.17. The zero-order valence-corrected chi connectivity index (χ0v) is 38.2. The first kappa shape index (κ1) is 49.0. The smallest absolute Gasteiger partial charge is 0.344 e. The molecule has 0 amide bonds. The molecule has 0 bridgehead atoms. The fourth-order valence-corrected chi connectivity index (χ4v) is 7.58. The van der Waals surface area contributed by atoms with E-state index >= 15 is 0 Å². The summed E-state index contributed by atoms with van der Waals surface area (Å²) in [7, 11) is 3.17. The van der Waals surface area contributed by atoms with Gasteiger partial charge < -0.3 is 47.5 Å². The molecule has 2 aromatic heterocycles. The van der Waals surface area contributed by atoms with Gasteiger partial charge in [-0.3, -0.25) is 0 Å². The standard InChI is InChI=1S/C53H60O13/c1-6-9-11-13-34-15-21-43(49(23-34)59-4)45-25-36-17-19-40(28-47(36)65-52(45)57)62-32-42(61-30-38(54)27-39(55)31-64-51(56)8-3)33-63-41-20-18-37-26-46(53(58)66-48(37)29-41)44-22-16-35(14-12-10-7-2)24-50(44)60-5/h8,15-26,28-29,38-39,42,54-55H,3,6-7,9-14,27,30-33H2,1-2,4-5H3. The Morgan fingerprint density at radius 2 is 1.11 bits per heavy atom. The number of ether oxygens (including phenoxy) is 6. The molecule has 4 aromatic carbocycles. The second-order valence-electron chi connectivity index (χ2n) is 16.2. The molecule has 2 heterocycles. The molecule has 0 saturated carbocycles. The summed E-state index contributed by atoms with van der Waals surface area (Å²) in [5.41, 5.74) is 3.85. The SMILES string of the molecule is C=CC(=O)OCC(O)CC(O)COC(COc1ccc2cc(-c3ccc(CCCCC)cc3OC)c(=O)oc2c1)COc1ccc2cc(-c3ccc(CCCCC)cc3OC)c(=O)oc2c1. The number of methoxy groups -OCH3 is 2. The lowest BCUT2D eigenvalue weighted by Gasteiger charge is -2.22. The van der Waals surface area contributed by atoms with Crippen molar-refractivity contribution >= 4 is 27.9 Å². The van der Waals surface area contributed by atoms with Gasteiger partial charge in [0.25, 0.3) is 0 Å². The minimum Gasteiger partial charge on any atom is -0.496 e. The lowest BCUT2D eigenvalue weighted by atomic mass is 10.00. The third kappa shape index (κ3) is 13.3. The molecule has 6 aromatic rings. The van der Waals surface area contributed by atoms with Crippen LogP contribution in [0.5, 0.6) is 23.0 Å². The van der Waals surface area contributed by atoms with E-state index in [1.165, 1.54) is 0 Å². The van der Waals surface area contributed by atoms with Gasteiger partial charge in [-0.2, -0.15) is 0 Å². The molecule has 2 unspecified atom stereocenters. The van der Waals surface area contributed by atoms with Crippen molar-refractivity contribution in [1.29, 1.82) is 0 Å². The first-order chi connectivity index (χ1) is 32.0. The zero-order valence-electron chi connectivity index (χ0n) is 38.2. The van der Waals surface area contributed by atoms with E-state index in [-0.39, 0.29) is 32.8 Å². The molecular formula is C53H60O13. The van der Waals surface area contributed by atoms with Gasteiger partial charge in [0, 0.05) is 46.5 Å². The number of carbonyl (C=O) groups excluding carboxylic acids is 1. The summed E-state index contributed by atoms with van der Waals surface area (Å²) < 4.78 is 46.2. The van der Waals surface area contributed by atoms with Gasteiger partial charge in [0.15, 0.2) is 0 Å². The van der Waals surface area contributed by atoms with Crippen molar-refractivity contribution in [2.45, 2.75) is 89.9 Å². The van der Waals surface area contributed by atoms with E-state index in [0.29, 0.717) is 67.2 Å². The maximum Gasteiger partial charge on any atom is 0.344 e. The molecule has 6 rings (SSSR count). The Morgan fingerprint density at radius 3 is 1.56 bits per heavy atom. The average molecular weight is 905 g/mol. The minimum absolute atomic E-state index is 0.0624. The summed E-state index contributed by atoms with van der Waals surface area (Å²) >= 11 is 0. The highest BCUT2D eigenvalue weighted by Gasteiger charge is 2.20. The Kier molecular flexibility index (Phi) is 18.0. The summed E-state index contributed by atoms with van der Waals surface area (Å²) in [4.78, 5) is 38.2. The largest absolute Gasteiger partial charge is 0.496 e. The number of hydrogen-bond acceptors (Lipinski definition) is 13. The van der Waals surface area contributed by atoms with Gasteiger partial charge in [-0.1, -0.05) is 70.4 Å². The Morgan fingerprint density at radius 1 is 0.621 bits per heavy atom. The fourth-order valence-electron chi connectivity index (χ4n) is 7.58. The fraction of sp³-hybridized carbons (Fsp3) is 0.377. The molecule has 0 saturated heterocycles. The van der Waals surface area contributed by atoms with Crippen LogP contribution in [-0.4, -0.2) is 75.1 Å². The van der Waals surface area contributed by atoms with Crippen molar-refractivity contribution in [3.8, 4) is 45.3 Å². The van der Waals surface area contributed by atoms with Gasteiger partial charge in [-0.25, -0.2) is 14.4 Å². The predicted octanol–water partition coefficient (Wildman–Crippen LogP) is 9.40. The van der Waals surface area contributed by atoms with Crippen LogP contribution in [0.4, 0.5) is 0 Å². The summed E-state index contributed by atoms with van der Waals surface area (Å²) in [5.74, 6) is 1.26. The molecule has 66 heavy (non-hydrogen) atoms. The highest BCUT2D eigenvalue weighted by atomic mass is 16.6. The lowest BCUT2D eigenvalue weighted by Crippen LogP contribution is -2.33. The second-order valence-corrected chi connectivity index (χ2v) is 16.2. The van der Waals surface area contributed by atoms with E-state index in [1.54, 1.807) is 62.8 Å². The number of fused-ring (bicyclic) bond motifs is 2. The van der Waals surface area contributed by atoms with Crippen LogP contribution in [0.2, 0.25) is 0 Å². The van der Waals surface area contributed by atoms with Crippen molar-refractivity contribution < 1.29 is 52.3 Å². The van der Waals surface area contributed by atoms with Crippen molar-refractivity contribution in [3.63, 3.8) is 0 Å². The third-order valence-corrected chi connectivity index (χ3v) is 11.2. The van der Waals surface area contributed by atoms with Crippen LogP contribution in [0.3, 0.4) is 0 Å². The quantitative estimate of drug-likeness (QED) is 0.0228. The zero-order chi connectivity index (χ0) is 47.0. The molecule has 13 heteroatoms. The number of aliphatic hydroxyl groups excluding tert-OH is 2. The van der Waals surface area contributed by atoms with Crippen LogP contribution in [0.1, 0.15) is 69.9 Å². The van der Waals surface area contributed by atoms with Gasteiger partial charge in [-0.15, -0.1) is 0 Å². The summed E-state index contributed by atoms with van der Waals surface area (Å²) in [5, 5.41) is 22.4. The molecule has 0 aliphatic carbocycles. The van der Waals surface area contributed by atoms with E-state index in [4.69, 9.17) is 37.3 Å². The molecule has 0 spiro atoms. The maximum atomic E-state index is 13.4. The van der Waals surface area contributed by atoms with Crippen LogP contribution in [0.25, 0.3) is 44.2 Å². The molecule has 0 aliphatic heterocycles. The monoisotopic (exact) mass is 904 g/mol. The number of rotatable bonds is 26. The number of hydrogen-bond donors (Lipinski definition) is 2. The van der Waals surface area contributed by atoms with Crippen LogP contribution < -0.4 is 30.2 Å². The number of aryl methyl sites for hydroxylation is 2. The number of benzene rings is 4. The third-order valence-electron chi connectivity index (χ3n) is 11.2. The molecule has 0 fully saturated rings. The van der Waals surface area contributed by atoms with Crippen molar-refractivity contribution in [1.82, 2.24) is 0 Å². The highest BCUT2D eigenvalue weighted by molar-refractivity contribution is 5.85. The predicted molar refractivity (Wildman–Crippen MR) is 254 cm³/mol. The van der Waals surface area contributed by atoms with Crippen LogP contribution in [-0.2, 0) is 27.1 Å². The Hall–Kier alpha value is -6.41. The van der Waals surface area contributed by atoms with Crippen LogP contribution in [0, 0.1) is 0 Å². The number of aliphatic hydroxyl groups is 2. The number of unbranched alkanes of at least 4 members (excludes halogenated alkanes) is 4. The van der Waals surface area contributed by atoms with Gasteiger partial charge >= 0.3 is 17.2 Å². The van der Waals surface area contributed by atoms with E-state index in [1.807, 2.05) is 36.4 Å². The maximum absolute atomic E-state index is 13.4. The van der Waals surface area contributed by atoms with Crippen molar-refractivity contribution in [2.24, 2.45) is 0 Å². The Bertz CT molecular complexity index is 2520. The van der Waals surface area contributed by atoms with Crippen LogP contribution in [0.15, 0.2) is 116 Å². The molecule has 350 valence electrons. The summed E-state index contributed by atoms with van der Waals surface area (Å²) in [6.07, 6.45) is 6.30. The van der Waals surface area contributed by atoms with Gasteiger partial charge in [0.05, 0.1) is 44.2 Å². The molecule has 2 N–H and O–H groups in total. The summed E-state index contributed by atoms with van der Waals surface area (Å²) in [6, 6.07) is 25.6. The summed E-state index contributed by atoms with van der Waals surface area (Å²) in [6.45, 7) is 6.99. The average Bonchev–Trinajstić information content (AvgIpc) is 3.32. The lowest BCUT2D eigenvalue weighted by molar-refractivity contribution is -0.141. The number of carbonyl (C=O) groups is 1. The Labute approximate surface area is 384 Å². The topological polar surface area (TPSA) is 173 Å². The first-order valence-corrected chi connectivity index (χ1v) is 22.5. The van der Waals surface area contributed by atoms with Crippen molar-refractivity contribution in [2.75, 3.05) is 40.6 Å². The van der Waals surface area contributed by atoms with E-state index in [0.717, 1.165) is 68.6 Å². The van der Waals surface area contributed by atoms with E-state index < -0.39 is 35.5 Å². The minimum atomic E-state index is -1.15. The van der Waals surface area contributed by atoms with E-state index in [2.05, 4.69) is 20.4 Å². The normalized spacial score (nSPS) is 12.3. The van der Waals surface area contributed by atoms with Gasteiger partial charge in [0.1, 0.15) is 60.1 Å². The van der Waals surface area contributed by atoms with Gasteiger partial charge in [-0.05, 0) is 85.3 Å². The molecular weight excluding hydrogens is 845 g/mol. The van der Waals surface area contributed by atoms with Gasteiger partial charge in [0.2, 0.25) is 0 Å². The first-order valence-electron chi connectivity index (χ1n) is 22.5. The van der Waals surface area contributed by atoms with Crippen LogP contribution >= 0.6 is 0 Å². The molecule has 2 atom stereocenters. The second kappa shape index (κ2) is 24.2. The highest BCUT2D eigenvalue weighted by Crippen LogP contribution is 2.34. The molecule has 0 aliphatic rings. The number of esters is 1. The molecule has 0 radical (unpaired) electrons. The van der Waals surface area contributed by atoms with Crippen molar-refractivity contribution in [3.05, 3.63) is 130 Å². The molecule has 13 nitrogen and oxygen atoms in total.